The van der Waals surface area contributed by atoms with Crippen LogP contribution in [0.25, 0.3) is 0 Å². The van der Waals surface area contributed by atoms with E-state index in [1.54, 1.807) is 11.8 Å². The maximum absolute atomic E-state index is 11.4. The van der Waals surface area contributed by atoms with E-state index in [1.165, 1.54) is 12.1 Å². The largest absolute Gasteiger partial charge is 0.378 e. The first kappa shape index (κ1) is 21.2. The smallest absolute Gasteiger partial charge is 0.293 e. The quantitative estimate of drug-likeness (QED) is 0.370. The van der Waals surface area contributed by atoms with Crippen LogP contribution in [-0.4, -0.2) is 50.7 Å². The fourth-order valence-electron chi connectivity index (χ4n) is 2.46. The Kier molecular flexibility index (Phi) is 7.19. The van der Waals surface area contributed by atoms with Crippen LogP contribution < -0.4 is 10.5 Å². The fraction of sp³-hybridized carbons (Fsp3) is 0.294. The van der Waals surface area contributed by atoms with Gasteiger partial charge in [0.2, 0.25) is 10.0 Å². The van der Waals surface area contributed by atoms with Crippen molar-refractivity contribution in [3.63, 3.8) is 0 Å². The Balaban J connectivity index is 2.19. The van der Waals surface area contributed by atoms with Crippen LogP contribution in [0.2, 0.25) is 0 Å². The third kappa shape index (κ3) is 6.51. The lowest BCUT2D eigenvalue weighted by molar-refractivity contribution is -0.384. The summed E-state index contributed by atoms with van der Waals surface area (Å²) < 4.78 is 22.9. The highest BCUT2D eigenvalue weighted by Gasteiger charge is 2.20. The number of rotatable bonds is 9. The van der Waals surface area contributed by atoms with Gasteiger partial charge in [0.1, 0.15) is 5.69 Å². The zero-order chi connectivity index (χ0) is 20.0. The predicted molar refractivity (Wildman–Crippen MR) is 108 cm³/mol. The summed E-state index contributed by atoms with van der Waals surface area (Å²) in [6, 6.07) is 13.5. The minimum Gasteiger partial charge on any atom is -0.378 e. The van der Waals surface area contributed by atoms with E-state index in [9.17, 15) is 18.5 Å². The van der Waals surface area contributed by atoms with Crippen molar-refractivity contribution in [2.45, 2.75) is 15.0 Å². The summed E-state index contributed by atoms with van der Waals surface area (Å²) in [5, 5.41) is 19.6. The van der Waals surface area contributed by atoms with Crippen molar-refractivity contribution in [3.8, 4) is 0 Å². The summed E-state index contributed by atoms with van der Waals surface area (Å²) in [7, 11) is -0.0860. The highest BCUT2D eigenvalue weighted by molar-refractivity contribution is 8.00. The van der Waals surface area contributed by atoms with E-state index in [0.717, 1.165) is 17.5 Å². The molecule has 0 heterocycles. The van der Waals surface area contributed by atoms with Gasteiger partial charge in [-0.2, -0.15) is 0 Å². The number of thioether (sulfide) groups is 1. The SMILES string of the molecule is CN(C)CC(CNc1ccc(S(N)(=O)=O)cc1[N+](=O)[O-])Sc1ccccc1. The lowest BCUT2D eigenvalue weighted by Gasteiger charge is -2.21. The van der Waals surface area contributed by atoms with E-state index in [4.69, 9.17) is 5.14 Å². The molecule has 146 valence electrons. The maximum Gasteiger partial charge on any atom is 0.293 e. The van der Waals surface area contributed by atoms with E-state index in [1.807, 2.05) is 49.3 Å². The number of primary sulfonamides is 1. The van der Waals surface area contributed by atoms with E-state index in [-0.39, 0.29) is 21.5 Å². The molecule has 0 saturated heterocycles. The van der Waals surface area contributed by atoms with Crippen molar-refractivity contribution in [1.82, 2.24) is 4.90 Å². The molecule has 3 N–H and O–H groups in total. The van der Waals surface area contributed by atoms with Gasteiger partial charge in [-0.15, -0.1) is 11.8 Å². The van der Waals surface area contributed by atoms with Crippen LogP contribution in [0.5, 0.6) is 0 Å². The fourth-order valence-corrected chi connectivity index (χ4v) is 4.23. The molecule has 0 fully saturated rings. The molecule has 2 aromatic carbocycles. The number of nitrogens with one attached hydrogen (secondary N) is 1. The first-order chi connectivity index (χ1) is 12.7. The van der Waals surface area contributed by atoms with E-state index in [0.29, 0.717) is 6.54 Å². The number of hydrogen-bond donors (Lipinski definition) is 2. The van der Waals surface area contributed by atoms with Crippen molar-refractivity contribution in [1.29, 1.82) is 0 Å². The van der Waals surface area contributed by atoms with Gasteiger partial charge in [0.25, 0.3) is 5.69 Å². The topological polar surface area (TPSA) is 119 Å². The van der Waals surface area contributed by atoms with Gasteiger partial charge in [-0.25, -0.2) is 13.6 Å². The molecule has 2 aromatic rings. The number of sulfonamides is 1. The Morgan fingerprint density at radius 1 is 1.22 bits per heavy atom. The number of benzene rings is 2. The summed E-state index contributed by atoms with van der Waals surface area (Å²) in [4.78, 5) is 13.6. The molecule has 1 atom stereocenters. The van der Waals surface area contributed by atoms with Crippen LogP contribution >= 0.6 is 11.8 Å². The number of anilines is 1. The zero-order valence-corrected chi connectivity index (χ0v) is 16.7. The molecule has 1 unspecified atom stereocenters. The molecule has 2 rings (SSSR count). The summed E-state index contributed by atoms with van der Waals surface area (Å²) in [5.41, 5.74) is -0.0698. The van der Waals surface area contributed by atoms with Crippen LogP contribution in [-0.2, 0) is 10.0 Å². The van der Waals surface area contributed by atoms with Gasteiger partial charge in [-0.3, -0.25) is 10.1 Å². The van der Waals surface area contributed by atoms with Gasteiger partial charge in [-0.05, 0) is 38.4 Å². The molecular weight excluding hydrogens is 388 g/mol. The highest BCUT2D eigenvalue weighted by atomic mass is 32.2. The van der Waals surface area contributed by atoms with Crippen molar-refractivity contribution < 1.29 is 13.3 Å². The van der Waals surface area contributed by atoms with Gasteiger partial charge in [-0.1, -0.05) is 18.2 Å². The first-order valence-electron chi connectivity index (χ1n) is 8.08. The van der Waals surface area contributed by atoms with Gasteiger partial charge >= 0.3 is 0 Å². The summed E-state index contributed by atoms with van der Waals surface area (Å²) in [6.07, 6.45) is 0. The second-order valence-corrected chi connectivity index (χ2v) is 9.11. The van der Waals surface area contributed by atoms with Crippen molar-refractivity contribution >= 4 is 33.2 Å². The minimum absolute atomic E-state index is 0.125. The van der Waals surface area contributed by atoms with E-state index < -0.39 is 14.9 Å². The number of nitrogens with two attached hydrogens (primary N) is 1. The Bertz CT molecular complexity index is 889. The molecule has 0 aliphatic heterocycles. The predicted octanol–water partition coefficient (Wildman–Crippen LogP) is 2.38. The van der Waals surface area contributed by atoms with E-state index >= 15 is 0 Å². The standard InChI is InChI=1S/C17H22N4O4S2/c1-20(2)12-14(26-13-6-4-3-5-7-13)11-19-16-9-8-15(27(18,24)25)10-17(16)21(22)23/h3-10,14,19H,11-12H2,1-2H3,(H2,18,24,25). The average molecular weight is 411 g/mol. The monoisotopic (exact) mass is 410 g/mol. The van der Waals surface area contributed by atoms with Crippen molar-refractivity contribution in [2.75, 3.05) is 32.5 Å². The van der Waals surface area contributed by atoms with Crippen molar-refractivity contribution in [3.05, 3.63) is 58.6 Å². The van der Waals surface area contributed by atoms with Gasteiger partial charge < -0.3 is 10.2 Å². The zero-order valence-electron chi connectivity index (χ0n) is 15.0. The Labute approximate surface area is 162 Å². The van der Waals surface area contributed by atoms with E-state index in [2.05, 4.69) is 5.32 Å². The van der Waals surface area contributed by atoms with Crippen LogP contribution in [0.3, 0.4) is 0 Å². The number of nitro benzene ring substituents is 1. The second kappa shape index (κ2) is 9.18. The first-order valence-corrected chi connectivity index (χ1v) is 10.5. The number of nitrogens with zero attached hydrogens (tertiary/aromatic N) is 2. The molecular formula is C17H22N4O4S2. The summed E-state index contributed by atoms with van der Waals surface area (Å²) >= 11 is 1.67. The summed E-state index contributed by atoms with van der Waals surface area (Å²) in [5.74, 6) is 0. The third-order valence-corrected chi connectivity index (χ3v) is 5.73. The molecule has 27 heavy (non-hydrogen) atoms. The van der Waals surface area contributed by atoms with Gasteiger partial charge in [0, 0.05) is 29.3 Å². The summed E-state index contributed by atoms with van der Waals surface area (Å²) in [6.45, 7) is 1.23. The minimum atomic E-state index is -4.01. The molecule has 0 aromatic heterocycles. The second-order valence-electron chi connectivity index (χ2n) is 6.18. The highest BCUT2D eigenvalue weighted by Crippen LogP contribution is 2.29. The molecule has 8 nitrogen and oxygen atoms in total. The third-order valence-electron chi connectivity index (χ3n) is 3.63. The Morgan fingerprint density at radius 3 is 2.44 bits per heavy atom. The average Bonchev–Trinajstić information content (AvgIpc) is 2.59. The van der Waals surface area contributed by atoms with Crippen LogP contribution in [0.15, 0.2) is 58.3 Å². The molecule has 0 aliphatic rings. The number of hydrogen-bond acceptors (Lipinski definition) is 7. The van der Waals surface area contributed by atoms with Gasteiger partial charge in [0.05, 0.1) is 9.82 Å². The molecule has 0 saturated carbocycles. The molecule has 10 heteroatoms. The van der Waals surface area contributed by atoms with Crippen LogP contribution in [0.4, 0.5) is 11.4 Å². The lowest BCUT2D eigenvalue weighted by Crippen LogP contribution is -2.29. The molecule has 0 aliphatic carbocycles. The molecule has 0 amide bonds. The Hall–Kier alpha value is -2.14. The normalized spacial score (nSPS) is 12.7. The molecule has 0 spiro atoms. The molecule has 0 radical (unpaired) electrons. The van der Waals surface area contributed by atoms with Crippen molar-refractivity contribution in [2.24, 2.45) is 5.14 Å². The molecule has 0 bridgehead atoms. The van der Waals surface area contributed by atoms with Crippen LogP contribution in [0, 0.1) is 10.1 Å². The van der Waals surface area contributed by atoms with Gasteiger partial charge in [0.15, 0.2) is 0 Å². The maximum atomic E-state index is 11.4. The Morgan fingerprint density at radius 2 is 1.89 bits per heavy atom. The van der Waals surface area contributed by atoms with Crippen LogP contribution in [0.1, 0.15) is 0 Å². The lowest BCUT2D eigenvalue weighted by atomic mass is 10.2. The number of nitro groups is 1.